The highest BCUT2D eigenvalue weighted by atomic mass is 35.5. The lowest BCUT2D eigenvalue weighted by atomic mass is 10.1. The van der Waals surface area contributed by atoms with Gasteiger partial charge in [0.2, 0.25) is 5.28 Å². The van der Waals surface area contributed by atoms with E-state index in [1.807, 2.05) is 4.57 Å². The Kier molecular flexibility index (Phi) is 5.92. The summed E-state index contributed by atoms with van der Waals surface area (Å²) < 4.78 is 7.49. The van der Waals surface area contributed by atoms with Crippen LogP contribution < -0.4 is 0 Å². The monoisotopic (exact) mass is 259 g/mol. The van der Waals surface area contributed by atoms with E-state index in [1.54, 1.807) is 0 Å². The van der Waals surface area contributed by atoms with Gasteiger partial charge in [-0.15, -0.1) is 10.2 Å². The SMILES string of the molecule is CC(C)CCOCCn1c(Cl)nnc1C(C)C. The fraction of sp³-hybridized carbons (Fsp3) is 0.833. The quantitative estimate of drug-likeness (QED) is 0.707. The zero-order valence-electron chi connectivity index (χ0n) is 11.1. The summed E-state index contributed by atoms with van der Waals surface area (Å²) in [6.07, 6.45) is 1.09. The smallest absolute Gasteiger partial charge is 0.225 e. The van der Waals surface area contributed by atoms with E-state index >= 15 is 0 Å². The summed E-state index contributed by atoms with van der Waals surface area (Å²) in [5.74, 6) is 1.92. The number of hydrogen-bond acceptors (Lipinski definition) is 3. The standard InChI is InChI=1S/C12H22ClN3O/c1-9(2)5-7-17-8-6-16-11(10(3)4)14-15-12(16)13/h9-10H,5-8H2,1-4H3. The van der Waals surface area contributed by atoms with Crippen LogP contribution in [0.5, 0.6) is 0 Å². The molecule has 0 aliphatic carbocycles. The van der Waals surface area contributed by atoms with Crippen LogP contribution in [0.2, 0.25) is 5.28 Å². The molecule has 0 bridgehead atoms. The van der Waals surface area contributed by atoms with Gasteiger partial charge in [-0.1, -0.05) is 27.7 Å². The predicted molar refractivity (Wildman–Crippen MR) is 69.4 cm³/mol. The molecule has 1 heterocycles. The number of halogens is 1. The van der Waals surface area contributed by atoms with Crippen molar-refractivity contribution in [2.45, 2.75) is 46.6 Å². The van der Waals surface area contributed by atoms with Crippen LogP contribution in [0.25, 0.3) is 0 Å². The molecule has 0 saturated heterocycles. The van der Waals surface area contributed by atoms with E-state index in [0.29, 0.717) is 23.7 Å². The van der Waals surface area contributed by atoms with Gasteiger partial charge in [-0.3, -0.25) is 4.57 Å². The molecule has 1 aromatic rings. The van der Waals surface area contributed by atoms with Gasteiger partial charge in [-0.2, -0.15) is 0 Å². The first kappa shape index (κ1) is 14.5. The first-order valence-corrected chi connectivity index (χ1v) is 6.56. The summed E-state index contributed by atoms with van der Waals surface area (Å²) in [6.45, 7) is 10.7. The van der Waals surface area contributed by atoms with E-state index in [0.717, 1.165) is 25.4 Å². The highest BCUT2D eigenvalue weighted by Crippen LogP contribution is 2.16. The van der Waals surface area contributed by atoms with Crippen LogP contribution in [0, 0.1) is 5.92 Å². The molecule has 1 aromatic heterocycles. The second kappa shape index (κ2) is 6.97. The number of ether oxygens (including phenoxy) is 1. The van der Waals surface area contributed by atoms with Crippen LogP contribution in [-0.2, 0) is 11.3 Å². The lowest BCUT2D eigenvalue weighted by Gasteiger charge is -2.11. The molecule has 1 rings (SSSR count). The second-order valence-corrected chi connectivity index (χ2v) is 5.27. The Hall–Kier alpha value is -0.610. The average Bonchev–Trinajstić information content (AvgIpc) is 2.59. The molecule has 0 aliphatic heterocycles. The van der Waals surface area contributed by atoms with Crippen molar-refractivity contribution >= 4 is 11.6 Å². The van der Waals surface area contributed by atoms with Crippen molar-refractivity contribution in [2.24, 2.45) is 5.92 Å². The van der Waals surface area contributed by atoms with Crippen LogP contribution in [0.15, 0.2) is 0 Å². The highest BCUT2D eigenvalue weighted by Gasteiger charge is 2.12. The zero-order valence-corrected chi connectivity index (χ0v) is 11.9. The number of rotatable bonds is 7. The third kappa shape index (κ3) is 4.64. The molecule has 0 spiro atoms. The van der Waals surface area contributed by atoms with Crippen LogP contribution in [-0.4, -0.2) is 28.0 Å². The van der Waals surface area contributed by atoms with Crippen molar-refractivity contribution in [3.05, 3.63) is 11.1 Å². The third-order valence-corrected chi connectivity index (χ3v) is 2.83. The van der Waals surface area contributed by atoms with Crippen molar-refractivity contribution in [3.63, 3.8) is 0 Å². The molecule has 0 saturated carbocycles. The van der Waals surface area contributed by atoms with E-state index in [-0.39, 0.29) is 0 Å². The van der Waals surface area contributed by atoms with Gasteiger partial charge >= 0.3 is 0 Å². The molecular formula is C12H22ClN3O. The lowest BCUT2D eigenvalue weighted by molar-refractivity contribution is 0.115. The Morgan fingerprint density at radius 3 is 2.47 bits per heavy atom. The topological polar surface area (TPSA) is 39.9 Å². The Balaban J connectivity index is 2.38. The summed E-state index contributed by atoms with van der Waals surface area (Å²) in [4.78, 5) is 0. The minimum absolute atomic E-state index is 0.325. The van der Waals surface area contributed by atoms with Gasteiger partial charge in [0.05, 0.1) is 13.2 Å². The van der Waals surface area contributed by atoms with Gasteiger partial charge in [0.1, 0.15) is 5.82 Å². The molecule has 98 valence electrons. The average molecular weight is 260 g/mol. The fourth-order valence-corrected chi connectivity index (χ4v) is 1.71. The largest absolute Gasteiger partial charge is 0.380 e. The van der Waals surface area contributed by atoms with Gasteiger partial charge in [0.25, 0.3) is 0 Å². The van der Waals surface area contributed by atoms with Gasteiger partial charge in [-0.05, 0) is 23.9 Å². The normalized spacial score (nSPS) is 11.7. The molecule has 0 fully saturated rings. The maximum atomic E-state index is 5.99. The van der Waals surface area contributed by atoms with Crippen molar-refractivity contribution < 1.29 is 4.74 Å². The van der Waals surface area contributed by atoms with Crippen LogP contribution in [0.1, 0.15) is 45.9 Å². The molecule has 0 aromatic carbocycles. The van der Waals surface area contributed by atoms with E-state index in [4.69, 9.17) is 16.3 Å². The van der Waals surface area contributed by atoms with Gasteiger partial charge in [0.15, 0.2) is 0 Å². The van der Waals surface area contributed by atoms with Crippen LogP contribution in [0.4, 0.5) is 0 Å². The van der Waals surface area contributed by atoms with E-state index in [1.165, 1.54) is 0 Å². The Labute approximate surface area is 108 Å². The third-order valence-electron chi connectivity index (χ3n) is 2.55. The molecule has 0 amide bonds. The Morgan fingerprint density at radius 2 is 1.88 bits per heavy atom. The molecule has 5 heteroatoms. The Morgan fingerprint density at radius 1 is 1.18 bits per heavy atom. The van der Waals surface area contributed by atoms with Crippen molar-refractivity contribution in [1.29, 1.82) is 0 Å². The molecule has 4 nitrogen and oxygen atoms in total. The van der Waals surface area contributed by atoms with Gasteiger partial charge < -0.3 is 4.74 Å². The maximum Gasteiger partial charge on any atom is 0.225 e. The molecule has 17 heavy (non-hydrogen) atoms. The van der Waals surface area contributed by atoms with Crippen LogP contribution in [0.3, 0.4) is 0 Å². The second-order valence-electron chi connectivity index (χ2n) is 4.93. The van der Waals surface area contributed by atoms with Crippen molar-refractivity contribution in [2.75, 3.05) is 13.2 Å². The van der Waals surface area contributed by atoms with E-state index in [2.05, 4.69) is 37.9 Å². The number of aromatic nitrogens is 3. The summed E-state index contributed by atoms with van der Waals surface area (Å²) in [5, 5.41) is 8.40. The predicted octanol–water partition coefficient (Wildman–Crippen LogP) is 3.12. The Bertz CT molecular complexity index is 336. The van der Waals surface area contributed by atoms with Crippen molar-refractivity contribution in [1.82, 2.24) is 14.8 Å². The summed E-state index contributed by atoms with van der Waals surface area (Å²) >= 11 is 5.99. The maximum absolute atomic E-state index is 5.99. The lowest BCUT2D eigenvalue weighted by Crippen LogP contribution is -2.11. The van der Waals surface area contributed by atoms with E-state index < -0.39 is 0 Å². The van der Waals surface area contributed by atoms with Gasteiger partial charge in [-0.25, -0.2) is 0 Å². The molecule has 0 radical (unpaired) electrons. The first-order chi connectivity index (χ1) is 8.02. The minimum atomic E-state index is 0.325. The molecule has 0 unspecified atom stereocenters. The number of nitrogens with zero attached hydrogens (tertiary/aromatic N) is 3. The highest BCUT2D eigenvalue weighted by molar-refractivity contribution is 6.28. The van der Waals surface area contributed by atoms with Crippen molar-refractivity contribution in [3.8, 4) is 0 Å². The summed E-state index contributed by atoms with van der Waals surface area (Å²) in [6, 6.07) is 0. The molecule has 0 aliphatic rings. The fourth-order valence-electron chi connectivity index (χ4n) is 1.51. The summed E-state index contributed by atoms with van der Waals surface area (Å²) in [7, 11) is 0. The molecule has 0 atom stereocenters. The van der Waals surface area contributed by atoms with Gasteiger partial charge in [0, 0.05) is 12.5 Å². The van der Waals surface area contributed by atoms with Crippen LogP contribution >= 0.6 is 11.6 Å². The van der Waals surface area contributed by atoms with E-state index in [9.17, 15) is 0 Å². The number of hydrogen-bond donors (Lipinski definition) is 0. The molecule has 0 N–H and O–H groups in total. The minimum Gasteiger partial charge on any atom is -0.380 e. The first-order valence-electron chi connectivity index (χ1n) is 6.18. The summed E-state index contributed by atoms with van der Waals surface area (Å²) in [5.41, 5.74) is 0. The molecular weight excluding hydrogens is 238 g/mol. The zero-order chi connectivity index (χ0) is 12.8.